The lowest BCUT2D eigenvalue weighted by atomic mass is 10.1. The molecule has 9 nitrogen and oxygen atoms in total. The molecule has 1 amide bonds. The zero-order valence-corrected chi connectivity index (χ0v) is 25.1. The summed E-state index contributed by atoms with van der Waals surface area (Å²) in [6.45, 7) is 8.06. The molecule has 1 aromatic carbocycles. The Bertz CT molecular complexity index is 1260. The second-order valence-corrected chi connectivity index (χ2v) is 12.3. The van der Waals surface area contributed by atoms with Crippen molar-refractivity contribution in [2.75, 3.05) is 31.5 Å². The van der Waals surface area contributed by atoms with Gasteiger partial charge in [0.05, 0.1) is 32.6 Å². The second kappa shape index (κ2) is 13.8. The molecule has 0 aliphatic rings. The van der Waals surface area contributed by atoms with Crippen LogP contribution in [0.25, 0.3) is 0 Å². The molecule has 0 saturated carbocycles. The number of methoxy groups -OCH3 is 1. The molecule has 2 aromatic heterocycles. The number of carbonyl (C=O) groups is 1. The van der Waals surface area contributed by atoms with Crippen LogP contribution in [0.3, 0.4) is 0 Å². The summed E-state index contributed by atoms with van der Waals surface area (Å²) in [4.78, 5) is 24.1. The maximum atomic E-state index is 13.5. The van der Waals surface area contributed by atoms with Crippen molar-refractivity contribution in [3.8, 4) is 0 Å². The van der Waals surface area contributed by atoms with Gasteiger partial charge in [-0.1, -0.05) is 48.8 Å². The van der Waals surface area contributed by atoms with E-state index in [1.54, 1.807) is 32.3 Å². The van der Waals surface area contributed by atoms with Gasteiger partial charge in [0.2, 0.25) is 5.95 Å². The number of amides is 1. The van der Waals surface area contributed by atoms with Crippen LogP contribution < -0.4 is 4.90 Å². The lowest BCUT2D eigenvalue weighted by Crippen LogP contribution is -2.35. The van der Waals surface area contributed by atoms with Gasteiger partial charge in [0.15, 0.2) is 0 Å². The number of hydrogen-bond acceptors (Lipinski definition) is 8. The highest BCUT2D eigenvalue weighted by Crippen LogP contribution is 2.50. The molecule has 0 bridgehead atoms. The van der Waals surface area contributed by atoms with Crippen LogP contribution in [0.2, 0.25) is 10.0 Å². The van der Waals surface area contributed by atoms with Crippen molar-refractivity contribution in [3.05, 3.63) is 64.0 Å². The molecule has 0 unspecified atom stereocenters. The van der Waals surface area contributed by atoms with E-state index in [1.165, 1.54) is 23.8 Å². The first-order valence-electron chi connectivity index (χ1n) is 12.0. The van der Waals surface area contributed by atoms with Gasteiger partial charge in [-0.3, -0.25) is 14.1 Å². The van der Waals surface area contributed by atoms with Crippen molar-refractivity contribution in [2.24, 2.45) is 0 Å². The molecule has 0 saturated heterocycles. The Hall–Kier alpha value is -2.07. The van der Waals surface area contributed by atoms with E-state index < -0.39 is 13.7 Å². The van der Waals surface area contributed by atoms with E-state index in [4.69, 9.17) is 42.0 Å². The van der Waals surface area contributed by atoms with Gasteiger partial charge in [0.1, 0.15) is 11.3 Å². The van der Waals surface area contributed by atoms with E-state index >= 15 is 0 Å². The Morgan fingerprint density at radius 1 is 1.11 bits per heavy atom. The largest absolute Gasteiger partial charge is 0.452 e. The molecule has 13 heteroatoms. The van der Waals surface area contributed by atoms with Gasteiger partial charge < -0.3 is 13.8 Å². The number of imidazole rings is 1. The Labute approximate surface area is 237 Å². The normalized spacial score (nSPS) is 11.7. The van der Waals surface area contributed by atoms with Gasteiger partial charge in [-0.15, -0.1) is 0 Å². The first-order valence-corrected chi connectivity index (χ1v) is 15.3. The summed E-state index contributed by atoms with van der Waals surface area (Å²) in [5.74, 6) is 0.224. The van der Waals surface area contributed by atoms with Crippen LogP contribution in [-0.2, 0) is 24.9 Å². The number of nitrogens with zero attached hydrogens (tertiary/aromatic N) is 4. The van der Waals surface area contributed by atoms with Crippen LogP contribution >= 0.6 is 42.6 Å². The average Bonchev–Trinajstić information content (AvgIpc) is 3.20. The molecule has 0 aliphatic heterocycles. The molecule has 38 heavy (non-hydrogen) atoms. The van der Waals surface area contributed by atoms with Crippen molar-refractivity contribution >= 4 is 54.6 Å². The van der Waals surface area contributed by atoms with Crippen molar-refractivity contribution in [2.45, 2.75) is 50.1 Å². The molecule has 0 atom stereocenters. The predicted molar refractivity (Wildman–Crippen MR) is 151 cm³/mol. The fraction of sp³-hybridized carbons (Fsp3) is 0.400. The van der Waals surface area contributed by atoms with E-state index in [2.05, 4.69) is 4.98 Å². The predicted octanol–water partition coefficient (Wildman–Crippen LogP) is 7.70. The van der Waals surface area contributed by atoms with E-state index in [9.17, 15) is 9.36 Å². The molecule has 206 valence electrons. The maximum absolute atomic E-state index is 13.5. The monoisotopic (exact) mass is 600 g/mol. The molecule has 0 fully saturated rings. The number of benzene rings is 1. The molecule has 2 heterocycles. The standard InChI is InChI=1S/C25H31Cl2N4O5PS/c1-6-35-37(33,36-7-2)16-31(25(32)34-5)24-29-22(17(3)4)23(30(24)15-18-8-10-28-11-9-18)38-21-13-19(26)12-20(27)14-21/h8-14,17H,6-7,15-16H2,1-5H3. The van der Waals surface area contributed by atoms with E-state index in [0.717, 1.165) is 21.2 Å². The third kappa shape index (κ3) is 7.74. The van der Waals surface area contributed by atoms with Crippen molar-refractivity contribution in [1.82, 2.24) is 14.5 Å². The fourth-order valence-corrected chi connectivity index (χ4v) is 7.15. The second-order valence-electron chi connectivity index (χ2n) is 8.39. The summed E-state index contributed by atoms with van der Waals surface area (Å²) in [6.07, 6.45) is 2.26. The maximum Gasteiger partial charge on any atom is 0.416 e. The quantitative estimate of drug-likeness (QED) is 0.195. The van der Waals surface area contributed by atoms with Gasteiger partial charge in [-0.05, 0) is 55.7 Å². The van der Waals surface area contributed by atoms with Gasteiger partial charge in [-0.2, -0.15) is 0 Å². The fourth-order valence-electron chi connectivity index (χ4n) is 3.65. The molecule has 3 rings (SSSR count). The molecular weight excluding hydrogens is 570 g/mol. The van der Waals surface area contributed by atoms with Crippen LogP contribution in [0.5, 0.6) is 0 Å². The number of anilines is 1. The first-order chi connectivity index (χ1) is 18.1. The average molecular weight is 601 g/mol. The molecule has 0 radical (unpaired) electrons. The summed E-state index contributed by atoms with van der Waals surface area (Å²) in [5, 5.41) is 1.76. The van der Waals surface area contributed by atoms with E-state index in [1.807, 2.05) is 42.7 Å². The highest BCUT2D eigenvalue weighted by atomic mass is 35.5. The van der Waals surface area contributed by atoms with E-state index in [-0.39, 0.29) is 31.4 Å². The number of ether oxygens (including phenoxy) is 1. The van der Waals surface area contributed by atoms with Crippen molar-refractivity contribution in [3.63, 3.8) is 0 Å². The minimum atomic E-state index is -3.70. The van der Waals surface area contributed by atoms with Gasteiger partial charge in [0, 0.05) is 27.3 Å². The number of aromatic nitrogens is 3. The smallest absolute Gasteiger partial charge is 0.416 e. The highest BCUT2D eigenvalue weighted by Gasteiger charge is 2.35. The van der Waals surface area contributed by atoms with Gasteiger partial charge >= 0.3 is 13.7 Å². The van der Waals surface area contributed by atoms with Crippen LogP contribution in [0.15, 0.2) is 52.6 Å². The number of hydrogen-bond donors (Lipinski definition) is 0. The summed E-state index contributed by atoms with van der Waals surface area (Å²) in [6, 6.07) is 9.02. The minimum Gasteiger partial charge on any atom is -0.452 e. The summed E-state index contributed by atoms with van der Waals surface area (Å²) in [7, 11) is -2.44. The Morgan fingerprint density at radius 2 is 1.71 bits per heavy atom. The minimum absolute atomic E-state index is 0.0188. The zero-order chi connectivity index (χ0) is 27.9. The third-order valence-electron chi connectivity index (χ3n) is 5.22. The molecule has 0 spiro atoms. The number of carbonyl (C=O) groups excluding carboxylic acids is 1. The number of rotatable bonds is 12. The topological polar surface area (TPSA) is 95.8 Å². The van der Waals surface area contributed by atoms with Crippen LogP contribution in [0.1, 0.15) is 44.9 Å². The van der Waals surface area contributed by atoms with Crippen LogP contribution in [-0.4, -0.2) is 47.2 Å². The zero-order valence-electron chi connectivity index (χ0n) is 21.9. The third-order valence-corrected chi connectivity index (χ3v) is 8.68. The Kier molecular flexibility index (Phi) is 11.1. The van der Waals surface area contributed by atoms with Crippen molar-refractivity contribution in [1.29, 1.82) is 0 Å². The molecule has 0 N–H and O–H groups in total. The van der Waals surface area contributed by atoms with Crippen molar-refractivity contribution < 1.29 is 23.1 Å². The van der Waals surface area contributed by atoms with Gasteiger partial charge in [0.25, 0.3) is 0 Å². The number of halogens is 2. The first kappa shape index (κ1) is 30.5. The highest BCUT2D eigenvalue weighted by molar-refractivity contribution is 7.99. The van der Waals surface area contributed by atoms with Crippen LogP contribution in [0.4, 0.5) is 10.7 Å². The van der Waals surface area contributed by atoms with Crippen LogP contribution in [0, 0.1) is 0 Å². The lowest BCUT2D eigenvalue weighted by Gasteiger charge is -2.26. The SMILES string of the molecule is CCOP(=O)(CN(C(=O)OC)c1nc(C(C)C)c(Sc2cc(Cl)cc(Cl)c2)n1Cc1ccncc1)OCC. The Balaban J connectivity index is 2.23. The lowest BCUT2D eigenvalue weighted by molar-refractivity contribution is 0.176. The summed E-state index contributed by atoms with van der Waals surface area (Å²) < 4.78 is 31.4. The van der Waals surface area contributed by atoms with Gasteiger partial charge in [-0.25, -0.2) is 14.7 Å². The Morgan fingerprint density at radius 3 is 2.24 bits per heavy atom. The molecule has 0 aliphatic carbocycles. The summed E-state index contributed by atoms with van der Waals surface area (Å²) >= 11 is 14.0. The van der Waals surface area contributed by atoms with E-state index in [0.29, 0.717) is 16.6 Å². The molecule has 3 aromatic rings. The molecular formula is C25H31Cl2N4O5PS. The summed E-state index contributed by atoms with van der Waals surface area (Å²) in [5.41, 5.74) is 1.65. The number of pyridine rings is 1.